The number of nitrogens with one attached hydrogen (secondary N) is 1. The van der Waals surface area contributed by atoms with Crippen molar-refractivity contribution in [3.63, 3.8) is 0 Å². The number of aromatic nitrogens is 3. The standard InChI is InChI=1S/C15H30N6O/c1-8-16-14(17-9-12(22-7)15(2,3)4)20(5)10-13-18-11-19-21(13)6/h11-12H,8-10H2,1-7H3,(H,16,17). The lowest BCUT2D eigenvalue weighted by molar-refractivity contribution is 0.0240. The van der Waals surface area contributed by atoms with Gasteiger partial charge in [-0.1, -0.05) is 20.8 Å². The van der Waals surface area contributed by atoms with Gasteiger partial charge in [0, 0.05) is 27.7 Å². The number of aliphatic imine (C=N–C) groups is 1. The molecular weight excluding hydrogens is 280 g/mol. The average molecular weight is 310 g/mol. The van der Waals surface area contributed by atoms with E-state index >= 15 is 0 Å². The van der Waals surface area contributed by atoms with Gasteiger partial charge in [0.25, 0.3) is 0 Å². The van der Waals surface area contributed by atoms with Crippen molar-refractivity contribution >= 4 is 5.96 Å². The maximum Gasteiger partial charge on any atom is 0.194 e. The van der Waals surface area contributed by atoms with Crippen molar-refractivity contribution in [1.82, 2.24) is 25.0 Å². The molecule has 1 aromatic heterocycles. The number of methoxy groups -OCH3 is 1. The van der Waals surface area contributed by atoms with Gasteiger partial charge in [0.05, 0.1) is 19.2 Å². The Morgan fingerprint density at radius 2 is 2.18 bits per heavy atom. The van der Waals surface area contributed by atoms with Gasteiger partial charge in [0.2, 0.25) is 0 Å². The molecule has 126 valence electrons. The van der Waals surface area contributed by atoms with Gasteiger partial charge in [-0.05, 0) is 12.3 Å². The van der Waals surface area contributed by atoms with Crippen molar-refractivity contribution in [2.45, 2.75) is 40.3 Å². The topological polar surface area (TPSA) is 67.6 Å². The minimum absolute atomic E-state index is 0.0533. The second-order valence-electron chi connectivity index (χ2n) is 6.44. The van der Waals surface area contributed by atoms with Crippen LogP contribution in [0.3, 0.4) is 0 Å². The van der Waals surface area contributed by atoms with Crippen molar-refractivity contribution in [2.24, 2.45) is 17.5 Å². The maximum absolute atomic E-state index is 5.57. The minimum atomic E-state index is 0.0533. The van der Waals surface area contributed by atoms with Crippen LogP contribution in [0.25, 0.3) is 0 Å². The molecule has 7 heteroatoms. The summed E-state index contributed by atoms with van der Waals surface area (Å²) >= 11 is 0. The van der Waals surface area contributed by atoms with E-state index in [0.29, 0.717) is 13.1 Å². The van der Waals surface area contributed by atoms with E-state index in [1.807, 2.05) is 19.0 Å². The van der Waals surface area contributed by atoms with Crippen molar-refractivity contribution in [3.05, 3.63) is 12.2 Å². The first-order valence-electron chi connectivity index (χ1n) is 7.64. The van der Waals surface area contributed by atoms with Gasteiger partial charge in [0.15, 0.2) is 5.96 Å². The zero-order chi connectivity index (χ0) is 16.8. The molecule has 1 N–H and O–H groups in total. The average Bonchev–Trinajstić information content (AvgIpc) is 2.82. The Labute approximate surface area is 133 Å². The van der Waals surface area contributed by atoms with Gasteiger partial charge in [-0.3, -0.25) is 9.67 Å². The largest absolute Gasteiger partial charge is 0.379 e. The van der Waals surface area contributed by atoms with Gasteiger partial charge in [-0.15, -0.1) is 0 Å². The number of hydrogen-bond donors (Lipinski definition) is 1. The van der Waals surface area contributed by atoms with E-state index in [4.69, 9.17) is 9.73 Å². The Hall–Kier alpha value is -1.63. The first kappa shape index (κ1) is 18.4. The summed E-state index contributed by atoms with van der Waals surface area (Å²) in [7, 11) is 5.62. The molecule has 1 aromatic rings. The molecule has 0 aromatic carbocycles. The number of rotatable bonds is 6. The molecule has 0 amide bonds. The zero-order valence-electron chi connectivity index (χ0n) is 14.9. The highest BCUT2D eigenvalue weighted by atomic mass is 16.5. The second kappa shape index (κ2) is 8.12. The molecular formula is C15H30N6O. The summed E-state index contributed by atoms with van der Waals surface area (Å²) in [5, 5.41) is 7.40. The number of guanidine groups is 1. The molecule has 0 spiro atoms. The Morgan fingerprint density at radius 1 is 1.50 bits per heavy atom. The Bertz CT molecular complexity index is 477. The van der Waals surface area contributed by atoms with Gasteiger partial charge in [-0.2, -0.15) is 5.10 Å². The maximum atomic E-state index is 5.57. The Morgan fingerprint density at radius 3 is 2.64 bits per heavy atom. The van der Waals surface area contributed by atoms with Crippen LogP contribution in [0.4, 0.5) is 0 Å². The molecule has 0 aliphatic heterocycles. The first-order valence-corrected chi connectivity index (χ1v) is 7.64. The van der Waals surface area contributed by atoms with Gasteiger partial charge >= 0.3 is 0 Å². The van der Waals surface area contributed by atoms with Crippen molar-refractivity contribution < 1.29 is 4.74 Å². The van der Waals surface area contributed by atoms with Crippen LogP contribution in [0.1, 0.15) is 33.5 Å². The number of nitrogens with zero attached hydrogens (tertiary/aromatic N) is 5. The quantitative estimate of drug-likeness (QED) is 0.633. The summed E-state index contributed by atoms with van der Waals surface area (Å²) < 4.78 is 7.34. The van der Waals surface area contributed by atoms with Gasteiger partial charge < -0.3 is 15.0 Å². The van der Waals surface area contributed by atoms with Gasteiger partial charge in [0.1, 0.15) is 12.2 Å². The van der Waals surface area contributed by atoms with Crippen LogP contribution >= 0.6 is 0 Å². The summed E-state index contributed by atoms with van der Waals surface area (Å²) in [6, 6.07) is 0. The normalized spacial score (nSPS) is 14.0. The molecule has 1 rings (SSSR count). The van der Waals surface area contributed by atoms with Crippen LogP contribution in [0.5, 0.6) is 0 Å². The minimum Gasteiger partial charge on any atom is -0.379 e. The summed E-state index contributed by atoms with van der Waals surface area (Å²) in [6.07, 6.45) is 1.64. The molecule has 1 unspecified atom stereocenters. The molecule has 0 fully saturated rings. The fourth-order valence-corrected chi connectivity index (χ4v) is 2.09. The van der Waals surface area contributed by atoms with E-state index in [9.17, 15) is 0 Å². The van der Waals surface area contributed by atoms with Crippen LogP contribution in [-0.4, -0.2) is 59.0 Å². The van der Waals surface area contributed by atoms with E-state index in [1.54, 1.807) is 18.1 Å². The van der Waals surface area contributed by atoms with E-state index in [2.05, 4.69) is 43.1 Å². The van der Waals surface area contributed by atoms with Crippen LogP contribution in [0.15, 0.2) is 11.3 Å². The summed E-state index contributed by atoms with van der Waals surface area (Å²) in [4.78, 5) is 11.0. The summed E-state index contributed by atoms with van der Waals surface area (Å²) in [5.41, 5.74) is 0.0533. The molecule has 0 saturated heterocycles. The number of hydrogen-bond acceptors (Lipinski definition) is 4. The van der Waals surface area contributed by atoms with Gasteiger partial charge in [-0.25, -0.2) is 4.98 Å². The van der Waals surface area contributed by atoms with E-state index in [0.717, 1.165) is 18.3 Å². The smallest absolute Gasteiger partial charge is 0.194 e. The lowest BCUT2D eigenvalue weighted by atomic mass is 9.89. The molecule has 0 saturated carbocycles. The predicted molar refractivity (Wildman–Crippen MR) is 88.7 cm³/mol. The molecule has 0 bridgehead atoms. The zero-order valence-corrected chi connectivity index (χ0v) is 14.9. The third-order valence-electron chi connectivity index (χ3n) is 3.54. The Balaban J connectivity index is 2.78. The third-order valence-corrected chi connectivity index (χ3v) is 3.54. The molecule has 0 radical (unpaired) electrons. The highest BCUT2D eigenvalue weighted by Gasteiger charge is 2.24. The highest BCUT2D eigenvalue weighted by molar-refractivity contribution is 5.79. The molecule has 0 aliphatic rings. The van der Waals surface area contributed by atoms with E-state index < -0.39 is 0 Å². The molecule has 7 nitrogen and oxygen atoms in total. The monoisotopic (exact) mass is 310 g/mol. The number of aryl methyl sites for hydroxylation is 1. The van der Waals surface area contributed by atoms with Crippen LogP contribution < -0.4 is 5.32 Å². The van der Waals surface area contributed by atoms with Crippen molar-refractivity contribution in [1.29, 1.82) is 0 Å². The van der Waals surface area contributed by atoms with E-state index in [-0.39, 0.29) is 11.5 Å². The fourth-order valence-electron chi connectivity index (χ4n) is 2.09. The lowest BCUT2D eigenvalue weighted by Crippen LogP contribution is -2.40. The fraction of sp³-hybridized carbons (Fsp3) is 0.800. The van der Waals surface area contributed by atoms with E-state index in [1.165, 1.54) is 0 Å². The predicted octanol–water partition coefficient (Wildman–Crippen LogP) is 1.27. The lowest BCUT2D eigenvalue weighted by Gasteiger charge is -2.29. The van der Waals surface area contributed by atoms with Crippen LogP contribution in [0, 0.1) is 5.41 Å². The second-order valence-corrected chi connectivity index (χ2v) is 6.44. The summed E-state index contributed by atoms with van der Waals surface area (Å²) in [5.74, 6) is 1.74. The molecule has 0 aliphatic carbocycles. The molecule has 1 atom stereocenters. The van der Waals surface area contributed by atoms with Crippen molar-refractivity contribution in [2.75, 3.05) is 27.2 Å². The SMILES string of the molecule is CCNC(=NCC(OC)C(C)(C)C)N(C)Cc1ncnn1C. The Kier molecular flexibility index (Phi) is 6.80. The number of ether oxygens (including phenoxy) is 1. The molecule has 1 heterocycles. The molecule has 22 heavy (non-hydrogen) atoms. The summed E-state index contributed by atoms with van der Waals surface area (Å²) in [6.45, 7) is 10.6. The van der Waals surface area contributed by atoms with Crippen molar-refractivity contribution in [3.8, 4) is 0 Å². The van der Waals surface area contributed by atoms with Crippen LogP contribution in [0.2, 0.25) is 0 Å². The van der Waals surface area contributed by atoms with Crippen LogP contribution in [-0.2, 0) is 18.3 Å². The first-order chi connectivity index (χ1) is 10.3. The highest BCUT2D eigenvalue weighted by Crippen LogP contribution is 2.21. The third kappa shape index (κ3) is 5.29.